The van der Waals surface area contributed by atoms with Gasteiger partial charge in [-0.3, -0.25) is 4.57 Å². The fraction of sp³-hybridized carbons (Fsp3) is 0.364. The van der Waals surface area contributed by atoms with Crippen LogP contribution in [0.1, 0.15) is 24.0 Å². The molecule has 0 aliphatic heterocycles. The Balaban J connectivity index is 1.57. The largest absolute Gasteiger partial charge is 0.480 e. The summed E-state index contributed by atoms with van der Waals surface area (Å²) in [4.78, 5) is 23.7. The average Bonchev–Trinajstić information content (AvgIpc) is 3.05. The molecule has 0 saturated carbocycles. The number of amides is 1. The van der Waals surface area contributed by atoms with E-state index >= 15 is 0 Å². The molecule has 2 aromatic rings. The molecule has 0 spiro atoms. The number of carboxylic acids is 1. The van der Waals surface area contributed by atoms with Crippen molar-refractivity contribution in [3.05, 3.63) is 59.7 Å². The van der Waals surface area contributed by atoms with Crippen molar-refractivity contribution in [1.29, 1.82) is 0 Å². The van der Waals surface area contributed by atoms with Crippen LogP contribution in [0.5, 0.6) is 0 Å². The molecule has 2 aromatic carbocycles. The summed E-state index contributed by atoms with van der Waals surface area (Å²) in [6, 6.07) is 14.5. The van der Waals surface area contributed by atoms with Gasteiger partial charge in [0.15, 0.2) is 6.04 Å². The number of ether oxygens (including phenoxy) is 2. The summed E-state index contributed by atoms with van der Waals surface area (Å²) in [6.07, 6.45) is -1.10. The number of hydrogen-bond donors (Lipinski definition) is 2. The molecule has 1 aliphatic carbocycles. The predicted molar refractivity (Wildman–Crippen MR) is 116 cm³/mol. The summed E-state index contributed by atoms with van der Waals surface area (Å²) in [5, 5.41) is 11.6. The number of carboxylic acid groups (broad SMARTS) is 1. The number of hydrogen-bond acceptors (Lipinski definition) is 6. The van der Waals surface area contributed by atoms with Crippen molar-refractivity contribution in [2.75, 3.05) is 32.8 Å². The third-order valence-corrected chi connectivity index (χ3v) is 6.40. The SMILES string of the molecule is CCOP(C)(=O)COC[C@H](NC(=O)OCC1c2ccccc2-c2ccccc21)C(=O)O. The van der Waals surface area contributed by atoms with E-state index in [1.54, 1.807) is 6.92 Å². The third kappa shape index (κ3) is 5.73. The van der Waals surface area contributed by atoms with Gasteiger partial charge < -0.3 is 24.4 Å². The van der Waals surface area contributed by atoms with Crippen molar-refractivity contribution in [2.24, 2.45) is 0 Å². The van der Waals surface area contributed by atoms with E-state index in [4.69, 9.17) is 14.0 Å². The Labute approximate surface area is 181 Å². The average molecular weight is 447 g/mol. The van der Waals surface area contributed by atoms with Crippen LogP contribution in [0, 0.1) is 0 Å². The third-order valence-electron chi connectivity index (χ3n) is 4.95. The maximum Gasteiger partial charge on any atom is 0.407 e. The second-order valence-corrected chi connectivity index (χ2v) is 9.84. The summed E-state index contributed by atoms with van der Waals surface area (Å²) in [5.41, 5.74) is 4.32. The molecule has 9 heteroatoms. The van der Waals surface area contributed by atoms with Crippen molar-refractivity contribution >= 4 is 19.4 Å². The van der Waals surface area contributed by atoms with Crippen LogP contribution in [0.15, 0.2) is 48.5 Å². The van der Waals surface area contributed by atoms with E-state index in [0.717, 1.165) is 22.3 Å². The first-order valence-electron chi connectivity index (χ1n) is 9.95. The zero-order chi connectivity index (χ0) is 22.4. The quantitative estimate of drug-likeness (QED) is 0.532. The number of aliphatic carboxylic acids is 1. The van der Waals surface area contributed by atoms with Gasteiger partial charge in [0.05, 0.1) is 13.2 Å². The first-order valence-corrected chi connectivity index (χ1v) is 12.2. The number of rotatable bonds is 10. The van der Waals surface area contributed by atoms with Crippen molar-refractivity contribution in [3.8, 4) is 11.1 Å². The number of benzene rings is 2. The van der Waals surface area contributed by atoms with Crippen molar-refractivity contribution in [1.82, 2.24) is 5.32 Å². The first kappa shape index (κ1) is 23.0. The van der Waals surface area contributed by atoms with Crippen LogP contribution in [0.3, 0.4) is 0 Å². The lowest BCUT2D eigenvalue weighted by molar-refractivity contribution is -0.140. The van der Waals surface area contributed by atoms with Gasteiger partial charge in [0.25, 0.3) is 0 Å². The normalized spacial score (nSPS) is 15.4. The fourth-order valence-corrected chi connectivity index (χ4v) is 4.66. The monoisotopic (exact) mass is 447 g/mol. The van der Waals surface area contributed by atoms with Crippen LogP contribution in [0.25, 0.3) is 11.1 Å². The summed E-state index contributed by atoms with van der Waals surface area (Å²) in [5.74, 6) is -1.41. The maximum atomic E-state index is 12.3. The molecular formula is C22H26NO7P. The minimum Gasteiger partial charge on any atom is -0.480 e. The highest BCUT2D eigenvalue weighted by molar-refractivity contribution is 7.57. The van der Waals surface area contributed by atoms with Crippen molar-refractivity contribution < 1.29 is 33.3 Å². The molecule has 0 fully saturated rings. The van der Waals surface area contributed by atoms with Crippen LogP contribution in [-0.2, 0) is 23.4 Å². The lowest BCUT2D eigenvalue weighted by Gasteiger charge is -2.18. The smallest absolute Gasteiger partial charge is 0.407 e. The van der Waals surface area contributed by atoms with Gasteiger partial charge in [-0.15, -0.1) is 0 Å². The van der Waals surface area contributed by atoms with Gasteiger partial charge in [-0.2, -0.15) is 0 Å². The molecule has 1 amide bonds. The zero-order valence-electron chi connectivity index (χ0n) is 17.4. The first-order chi connectivity index (χ1) is 14.8. The van der Waals surface area contributed by atoms with Crippen LogP contribution >= 0.6 is 7.37 Å². The highest BCUT2D eigenvalue weighted by atomic mass is 31.2. The van der Waals surface area contributed by atoms with E-state index < -0.39 is 25.5 Å². The predicted octanol–water partition coefficient (Wildman–Crippen LogP) is 3.90. The van der Waals surface area contributed by atoms with Crippen LogP contribution < -0.4 is 5.32 Å². The lowest BCUT2D eigenvalue weighted by atomic mass is 9.98. The summed E-state index contributed by atoms with van der Waals surface area (Å²) in [6.45, 7) is 3.09. The molecule has 1 unspecified atom stereocenters. The van der Waals surface area contributed by atoms with Crippen LogP contribution in [0.2, 0.25) is 0 Å². The van der Waals surface area contributed by atoms with Crippen LogP contribution in [0.4, 0.5) is 4.79 Å². The van der Waals surface area contributed by atoms with E-state index in [9.17, 15) is 19.3 Å². The molecule has 0 radical (unpaired) electrons. The number of carbonyl (C=O) groups is 2. The summed E-state index contributed by atoms with van der Waals surface area (Å²) >= 11 is 0. The lowest BCUT2D eigenvalue weighted by Crippen LogP contribution is -2.44. The molecule has 0 heterocycles. The highest BCUT2D eigenvalue weighted by Crippen LogP contribution is 2.44. The van der Waals surface area contributed by atoms with E-state index in [1.807, 2.05) is 48.5 Å². The molecular weight excluding hydrogens is 421 g/mol. The maximum absolute atomic E-state index is 12.3. The minimum absolute atomic E-state index is 0.0710. The number of alkyl carbamates (subject to hydrolysis) is 1. The minimum atomic E-state index is -2.96. The summed E-state index contributed by atoms with van der Waals surface area (Å²) in [7, 11) is -2.96. The second kappa shape index (κ2) is 10.1. The van der Waals surface area contributed by atoms with E-state index in [0.29, 0.717) is 0 Å². The highest BCUT2D eigenvalue weighted by Gasteiger charge is 2.30. The topological polar surface area (TPSA) is 111 Å². The van der Waals surface area contributed by atoms with Gasteiger partial charge in [-0.25, -0.2) is 9.59 Å². The van der Waals surface area contributed by atoms with Gasteiger partial charge in [0.2, 0.25) is 7.37 Å². The fourth-order valence-electron chi connectivity index (χ4n) is 3.60. The van der Waals surface area contributed by atoms with Crippen molar-refractivity contribution in [3.63, 3.8) is 0 Å². The van der Waals surface area contributed by atoms with Gasteiger partial charge in [0, 0.05) is 12.6 Å². The standard InChI is InChI=1S/C22H26NO7P/c1-3-30-31(2,27)14-28-13-20(21(24)25)23-22(26)29-12-19-17-10-6-4-8-15(17)16-9-5-7-11-18(16)19/h4-11,19-20H,3,12-14H2,1-2H3,(H,23,26)(H,24,25)/t20-,31?/m0/s1. The Kier molecular flexibility index (Phi) is 7.49. The molecule has 0 aromatic heterocycles. The van der Waals surface area contributed by atoms with Crippen LogP contribution in [-0.4, -0.2) is 56.0 Å². The Morgan fingerprint density at radius 1 is 1.10 bits per heavy atom. The Morgan fingerprint density at radius 3 is 2.23 bits per heavy atom. The second-order valence-electron chi connectivity index (χ2n) is 7.29. The Morgan fingerprint density at radius 2 is 1.68 bits per heavy atom. The molecule has 2 atom stereocenters. The Hall–Kier alpha value is -2.67. The van der Waals surface area contributed by atoms with Gasteiger partial charge in [-0.05, 0) is 29.2 Å². The molecule has 166 valence electrons. The van der Waals surface area contributed by atoms with E-state index in [2.05, 4.69) is 5.32 Å². The molecule has 2 N–H and O–H groups in total. The number of carbonyl (C=O) groups excluding carboxylic acids is 1. The van der Waals surface area contributed by atoms with E-state index in [1.165, 1.54) is 6.66 Å². The molecule has 3 rings (SSSR count). The van der Waals surface area contributed by atoms with Gasteiger partial charge in [-0.1, -0.05) is 48.5 Å². The zero-order valence-corrected chi connectivity index (χ0v) is 18.3. The molecule has 0 bridgehead atoms. The molecule has 31 heavy (non-hydrogen) atoms. The number of nitrogens with one attached hydrogen (secondary N) is 1. The summed E-state index contributed by atoms with van der Waals surface area (Å²) < 4.78 is 27.7. The molecule has 0 saturated heterocycles. The Bertz CT molecular complexity index is 948. The molecule has 8 nitrogen and oxygen atoms in total. The van der Waals surface area contributed by atoms with Gasteiger partial charge >= 0.3 is 12.1 Å². The molecule has 1 aliphatic rings. The van der Waals surface area contributed by atoms with Crippen molar-refractivity contribution in [2.45, 2.75) is 18.9 Å². The van der Waals surface area contributed by atoms with Gasteiger partial charge in [0.1, 0.15) is 13.0 Å². The van der Waals surface area contributed by atoms with E-state index in [-0.39, 0.29) is 32.1 Å². The number of fused-ring (bicyclic) bond motifs is 3.